The Morgan fingerprint density at radius 3 is 2.92 bits per heavy atom. The van der Waals surface area contributed by atoms with Gasteiger partial charge in [0.15, 0.2) is 5.65 Å². The molecule has 0 radical (unpaired) electrons. The number of tetrazole rings is 1. The summed E-state index contributed by atoms with van der Waals surface area (Å²) in [5.74, 6) is 0.531. The molecule has 0 aliphatic carbocycles. The molecule has 120 valence electrons. The summed E-state index contributed by atoms with van der Waals surface area (Å²) in [4.78, 5) is 9.07. The van der Waals surface area contributed by atoms with Crippen molar-refractivity contribution in [2.45, 2.75) is 19.6 Å². The lowest BCUT2D eigenvalue weighted by atomic mass is 10.2. The number of pyridine rings is 1. The van der Waals surface area contributed by atoms with Crippen molar-refractivity contribution in [1.29, 1.82) is 0 Å². The zero-order valence-electron chi connectivity index (χ0n) is 12.9. The van der Waals surface area contributed by atoms with Gasteiger partial charge >= 0.3 is 0 Å². The molecule has 0 amide bonds. The van der Waals surface area contributed by atoms with Gasteiger partial charge in [0.05, 0.1) is 24.1 Å². The minimum atomic E-state index is -0.124. The second-order valence-electron chi connectivity index (χ2n) is 5.27. The van der Waals surface area contributed by atoms with E-state index >= 15 is 0 Å². The fourth-order valence-corrected chi connectivity index (χ4v) is 2.35. The second-order valence-corrected chi connectivity index (χ2v) is 5.27. The van der Waals surface area contributed by atoms with Gasteiger partial charge in [0, 0.05) is 18.3 Å². The van der Waals surface area contributed by atoms with E-state index in [1.54, 1.807) is 21.7 Å². The van der Waals surface area contributed by atoms with Crippen LogP contribution in [-0.2, 0) is 6.54 Å². The van der Waals surface area contributed by atoms with Gasteiger partial charge < -0.3 is 4.74 Å². The quantitative estimate of drug-likeness (QED) is 0.545. The third kappa shape index (κ3) is 2.91. The largest absolute Gasteiger partial charge is 0.473 e. The van der Waals surface area contributed by atoms with E-state index in [-0.39, 0.29) is 6.10 Å². The van der Waals surface area contributed by atoms with Gasteiger partial charge in [-0.3, -0.25) is 0 Å². The predicted molar refractivity (Wildman–Crippen MR) is 84.1 cm³/mol. The van der Waals surface area contributed by atoms with Crippen LogP contribution in [0.25, 0.3) is 17.0 Å². The molecule has 0 fully saturated rings. The third-order valence-corrected chi connectivity index (χ3v) is 3.40. The Kier molecular flexibility index (Phi) is 3.58. The van der Waals surface area contributed by atoms with Crippen LogP contribution in [0.2, 0.25) is 0 Å². The minimum absolute atomic E-state index is 0.124. The van der Waals surface area contributed by atoms with Crippen LogP contribution in [0.4, 0.5) is 0 Å². The summed E-state index contributed by atoms with van der Waals surface area (Å²) in [6.07, 6.45) is 4.99. The van der Waals surface area contributed by atoms with E-state index in [0.29, 0.717) is 12.4 Å². The van der Waals surface area contributed by atoms with E-state index < -0.39 is 0 Å². The summed E-state index contributed by atoms with van der Waals surface area (Å²) in [7, 11) is 0. The zero-order valence-corrected chi connectivity index (χ0v) is 12.9. The molecule has 9 nitrogen and oxygen atoms in total. The molecule has 0 N–H and O–H groups in total. The molecule has 4 aromatic rings. The van der Waals surface area contributed by atoms with Crippen LogP contribution >= 0.6 is 0 Å². The molecule has 0 aliphatic rings. The molecule has 1 atom stereocenters. The summed E-state index contributed by atoms with van der Waals surface area (Å²) in [6, 6.07) is 9.32. The van der Waals surface area contributed by atoms with Gasteiger partial charge in [0.2, 0.25) is 5.88 Å². The lowest BCUT2D eigenvalue weighted by Gasteiger charge is -2.13. The van der Waals surface area contributed by atoms with E-state index in [2.05, 4.69) is 30.6 Å². The normalized spacial score (nSPS) is 12.4. The fourth-order valence-electron chi connectivity index (χ4n) is 2.35. The highest BCUT2D eigenvalue weighted by atomic mass is 16.5. The number of rotatable bonds is 5. The van der Waals surface area contributed by atoms with Gasteiger partial charge in [-0.2, -0.15) is 5.10 Å². The Morgan fingerprint density at radius 2 is 2.04 bits per heavy atom. The molecule has 24 heavy (non-hydrogen) atoms. The van der Waals surface area contributed by atoms with Crippen molar-refractivity contribution in [2.75, 3.05) is 0 Å². The summed E-state index contributed by atoms with van der Waals surface area (Å²) in [5.41, 5.74) is 2.28. The van der Waals surface area contributed by atoms with Crippen molar-refractivity contribution in [3.05, 3.63) is 49.1 Å². The molecule has 0 aliphatic heterocycles. The van der Waals surface area contributed by atoms with E-state index in [1.165, 1.54) is 0 Å². The Balaban J connectivity index is 1.54. The summed E-state index contributed by atoms with van der Waals surface area (Å²) in [5, 5.41) is 15.2. The number of hydrogen-bond acceptors (Lipinski definition) is 7. The highest BCUT2D eigenvalue weighted by molar-refractivity contribution is 5.57. The summed E-state index contributed by atoms with van der Waals surface area (Å²) >= 11 is 0. The Hall–Kier alpha value is -3.36. The van der Waals surface area contributed by atoms with Crippen LogP contribution < -0.4 is 4.74 Å². The molecule has 0 saturated heterocycles. The van der Waals surface area contributed by atoms with Crippen LogP contribution in [0.15, 0.2) is 49.1 Å². The Labute approximate surface area is 136 Å². The molecule has 4 rings (SSSR count). The van der Waals surface area contributed by atoms with E-state index in [4.69, 9.17) is 4.74 Å². The number of hydrogen-bond donors (Lipinski definition) is 0. The van der Waals surface area contributed by atoms with Crippen molar-refractivity contribution in [3.63, 3.8) is 0 Å². The maximum Gasteiger partial charge on any atom is 0.214 e. The Morgan fingerprint density at radius 1 is 1.12 bits per heavy atom. The van der Waals surface area contributed by atoms with Crippen LogP contribution in [0.5, 0.6) is 5.88 Å². The summed E-state index contributed by atoms with van der Waals surface area (Å²) < 4.78 is 9.17. The molecular weight excluding hydrogens is 308 g/mol. The van der Waals surface area contributed by atoms with E-state index in [0.717, 1.165) is 17.0 Å². The van der Waals surface area contributed by atoms with Gasteiger partial charge in [-0.25, -0.2) is 19.2 Å². The van der Waals surface area contributed by atoms with Crippen LogP contribution in [0, 0.1) is 0 Å². The average Bonchev–Trinajstić information content (AvgIpc) is 3.25. The minimum Gasteiger partial charge on any atom is -0.473 e. The van der Waals surface area contributed by atoms with Crippen molar-refractivity contribution in [2.24, 2.45) is 0 Å². The smallest absolute Gasteiger partial charge is 0.214 e. The van der Waals surface area contributed by atoms with Gasteiger partial charge in [-0.15, -0.1) is 5.10 Å². The molecular formula is C15H14N8O. The molecule has 0 bridgehead atoms. The first-order chi connectivity index (χ1) is 11.8. The van der Waals surface area contributed by atoms with Crippen molar-refractivity contribution in [1.82, 2.24) is 39.8 Å². The first kappa shape index (κ1) is 14.2. The van der Waals surface area contributed by atoms with Gasteiger partial charge in [0.25, 0.3) is 0 Å². The first-order valence-corrected chi connectivity index (χ1v) is 7.43. The standard InChI is InChI=1S/C15H14N8O/c1-11(9-22-10-16-20-21-22)24-15-4-2-3-12(19-15)13-6-8-23-14(18-13)5-7-17-23/h2-8,10-11H,9H2,1H3. The van der Waals surface area contributed by atoms with Crippen LogP contribution in [0.1, 0.15) is 6.92 Å². The average molecular weight is 322 g/mol. The van der Waals surface area contributed by atoms with Crippen molar-refractivity contribution < 1.29 is 4.74 Å². The zero-order chi connectivity index (χ0) is 16.4. The van der Waals surface area contributed by atoms with Crippen molar-refractivity contribution in [3.8, 4) is 17.3 Å². The number of ether oxygens (including phenoxy) is 1. The molecule has 1 unspecified atom stereocenters. The molecule has 0 spiro atoms. The predicted octanol–water partition coefficient (Wildman–Crippen LogP) is 1.25. The van der Waals surface area contributed by atoms with Crippen molar-refractivity contribution >= 4 is 5.65 Å². The second kappa shape index (κ2) is 6.03. The fraction of sp³-hybridized carbons (Fsp3) is 0.200. The maximum atomic E-state index is 5.85. The number of fused-ring (bicyclic) bond motifs is 1. The maximum absolute atomic E-state index is 5.85. The van der Waals surface area contributed by atoms with Gasteiger partial charge in [-0.05, 0) is 29.5 Å². The highest BCUT2D eigenvalue weighted by Gasteiger charge is 2.09. The lowest BCUT2D eigenvalue weighted by molar-refractivity contribution is 0.185. The van der Waals surface area contributed by atoms with E-state index in [1.807, 2.05) is 43.5 Å². The lowest BCUT2D eigenvalue weighted by Crippen LogP contribution is -2.20. The number of aromatic nitrogens is 8. The molecule has 9 heteroatoms. The first-order valence-electron chi connectivity index (χ1n) is 7.43. The van der Waals surface area contributed by atoms with Gasteiger partial charge in [0.1, 0.15) is 12.4 Å². The molecule has 0 saturated carbocycles. The molecule has 4 heterocycles. The topological polar surface area (TPSA) is 95.9 Å². The third-order valence-electron chi connectivity index (χ3n) is 3.40. The highest BCUT2D eigenvalue weighted by Crippen LogP contribution is 2.19. The Bertz CT molecular complexity index is 949. The summed E-state index contributed by atoms with van der Waals surface area (Å²) in [6.45, 7) is 2.48. The van der Waals surface area contributed by atoms with E-state index in [9.17, 15) is 0 Å². The van der Waals surface area contributed by atoms with Crippen LogP contribution in [-0.4, -0.2) is 45.9 Å². The monoisotopic (exact) mass is 322 g/mol. The SMILES string of the molecule is CC(Cn1cnnn1)Oc1cccc(-c2ccn3nccc3n2)n1. The molecule has 0 aromatic carbocycles. The molecule has 4 aromatic heterocycles. The van der Waals surface area contributed by atoms with Crippen LogP contribution in [0.3, 0.4) is 0 Å². The number of nitrogens with zero attached hydrogens (tertiary/aromatic N) is 8. The van der Waals surface area contributed by atoms with Gasteiger partial charge in [-0.1, -0.05) is 6.07 Å².